The van der Waals surface area contributed by atoms with Crippen molar-refractivity contribution in [2.45, 2.75) is 32.7 Å². The predicted octanol–water partition coefficient (Wildman–Crippen LogP) is 5.00. The highest BCUT2D eigenvalue weighted by molar-refractivity contribution is 7.15. The highest BCUT2D eigenvalue weighted by Crippen LogP contribution is 2.33. The van der Waals surface area contributed by atoms with E-state index in [0.717, 1.165) is 18.5 Å². The van der Waals surface area contributed by atoms with Gasteiger partial charge >= 0.3 is 0 Å². The molecule has 0 saturated carbocycles. The van der Waals surface area contributed by atoms with Gasteiger partial charge in [-0.05, 0) is 42.8 Å². The molecule has 19 heavy (non-hydrogen) atoms. The SMILES string of the molecule is CCCC(NCC)c1ccc(-c2ccc(F)cc2)s1. The fraction of sp³-hybridized carbons (Fsp3) is 0.375. The van der Waals surface area contributed by atoms with Crippen LogP contribution in [-0.4, -0.2) is 6.54 Å². The Kier molecular flexibility index (Phi) is 5.11. The summed E-state index contributed by atoms with van der Waals surface area (Å²) in [5.74, 6) is -0.183. The fourth-order valence-electron chi connectivity index (χ4n) is 2.19. The molecule has 1 N–H and O–H groups in total. The van der Waals surface area contributed by atoms with Crippen LogP contribution >= 0.6 is 11.3 Å². The second-order valence-corrected chi connectivity index (χ2v) is 5.72. The molecule has 0 spiro atoms. The Labute approximate surface area is 118 Å². The summed E-state index contributed by atoms with van der Waals surface area (Å²) in [6.45, 7) is 5.32. The van der Waals surface area contributed by atoms with Crippen LogP contribution in [0.1, 0.15) is 37.6 Å². The van der Waals surface area contributed by atoms with Crippen LogP contribution in [-0.2, 0) is 0 Å². The maximum absolute atomic E-state index is 12.9. The second-order valence-electron chi connectivity index (χ2n) is 4.61. The molecular weight excluding hydrogens is 257 g/mol. The molecule has 1 unspecified atom stereocenters. The maximum atomic E-state index is 12.9. The van der Waals surface area contributed by atoms with E-state index in [1.165, 1.54) is 28.3 Å². The molecule has 0 aliphatic carbocycles. The van der Waals surface area contributed by atoms with Crippen molar-refractivity contribution in [2.24, 2.45) is 0 Å². The Morgan fingerprint density at radius 3 is 2.47 bits per heavy atom. The lowest BCUT2D eigenvalue weighted by molar-refractivity contribution is 0.516. The molecule has 2 aromatic rings. The van der Waals surface area contributed by atoms with E-state index in [1.807, 2.05) is 12.1 Å². The highest BCUT2D eigenvalue weighted by atomic mass is 32.1. The van der Waals surface area contributed by atoms with E-state index in [4.69, 9.17) is 0 Å². The molecular formula is C16H20FNS. The van der Waals surface area contributed by atoms with Crippen molar-refractivity contribution in [1.82, 2.24) is 5.32 Å². The molecule has 2 rings (SSSR count). The van der Waals surface area contributed by atoms with Gasteiger partial charge in [0.1, 0.15) is 5.82 Å². The Bertz CT molecular complexity index is 498. The Hall–Kier alpha value is -1.19. The molecule has 1 aromatic carbocycles. The van der Waals surface area contributed by atoms with Crippen LogP contribution in [0.5, 0.6) is 0 Å². The van der Waals surface area contributed by atoms with Gasteiger partial charge in [0.25, 0.3) is 0 Å². The normalized spacial score (nSPS) is 12.6. The molecule has 0 saturated heterocycles. The van der Waals surface area contributed by atoms with E-state index in [2.05, 4.69) is 31.3 Å². The predicted molar refractivity (Wildman–Crippen MR) is 81.0 cm³/mol. The summed E-state index contributed by atoms with van der Waals surface area (Å²) in [5.41, 5.74) is 1.09. The number of benzene rings is 1. The second kappa shape index (κ2) is 6.83. The van der Waals surface area contributed by atoms with Crippen molar-refractivity contribution in [3.05, 3.63) is 47.1 Å². The molecule has 3 heteroatoms. The van der Waals surface area contributed by atoms with E-state index in [1.54, 1.807) is 11.3 Å². The zero-order chi connectivity index (χ0) is 13.7. The van der Waals surface area contributed by atoms with Gasteiger partial charge in [-0.3, -0.25) is 0 Å². The van der Waals surface area contributed by atoms with Crippen LogP contribution < -0.4 is 5.32 Å². The zero-order valence-corrected chi connectivity index (χ0v) is 12.3. The van der Waals surface area contributed by atoms with Gasteiger partial charge in [0, 0.05) is 15.8 Å². The van der Waals surface area contributed by atoms with E-state index < -0.39 is 0 Å². The van der Waals surface area contributed by atoms with Gasteiger partial charge < -0.3 is 5.32 Å². The number of hydrogen-bond acceptors (Lipinski definition) is 2. The summed E-state index contributed by atoms with van der Waals surface area (Å²) >= 11 is 1.79. The van der Waals surface area contributed by atoms with Gasteiger partial charge in [0.05, 0.1) is 0 Å². The quantitative estimate of drug-likeness (QED) is 0.783. The smallest absolute Gasteiger partial charge is 0.123 e. The third-order valence-electron chi connectivity index (χ3n) is 3.13. The maximum Gasteiger partial charge on any atom is 0.123 e. The summed E-state index contributed by atoms with van der Waals surface area (Å²) in [4.78, 5) is 2.57. The summed E-state index contributed by atoms with van der Waals surface area (Å²) in [7, 11) is 0. The first-order valence-electron chi connectivity index (χ1n) is 6.83. The van der Waals surface area contributed by atoms with E-state index in [-0.39, 0.29) is 5.82 Å². The summed E-state index contributed by atoms with van der Waals surface area (Å²) < 4.78 is 12.9. The van der Waals surface area contributed by atoms with Crippen LogP contribution in [0.3, 0.4) is 0 Å². The van der Waals surface area contributed by atoms with Crippen molar-refractivity contribution >= 4 is 11.3 Å². The number of nitrogens with one attached hydrogen (secondary N) is 1. The molecule has 1 nitrogen and oxygen atoms in total. The minimum atomic E-state index is -0.183. The summed E-state index contributed by atoms with van der Waals surface area (Å²) in [5, 5.41) is 3.52. The monoisotopic (exact) mass is 277 g/mol. The van der Waals surface area contributed by atoms with Gasteiger partial charge in [-0.1, -0.05) is 32.4 Å². The lowest BCUT2D eigenvalue weighted by atomic mass is 10.1. The molecule has 1 heterocycles. The number of thiophene rings is 1. The van der Waals surface area contributed by atoms with E-state index >= 15 is 0 Å². The molecule has 0 aliphatic rings. The lowest BCUT2D eigenvalue weighted by Crippen LogP contribution is -2.19. The number of rotatable bonds is 6. The van der Waals surface area contributed by atoms with Gasteiger partial charge in [0.15, 0.2) is 0 Å². The first-order valence-corrected chi connectivity index (χ1v) is 7.65. The average Bonchev–Trinajstić information content (AvgIpc) is 2.89. The van der Waals surface area contributed by atoms with Gasteiger partial charge in [-0.2, -0.15) is 0 Å². The summed E-state index contributed by atoms with van der Waals surface area (Å²) in [6.07, 6.45) is 2.32. The number of hydrogen-bond donors (Lipinski definition) is 1. The van der Waals surface area contributed by atoms with Gasteiger partial charge in [0.2, 0.25) is 0 Å². The minimum absolute atomic E-state index is 0.183. The first kappa shape index (κ1) is 14.2. The van der Waals surface area contributed by atoms with E-state index in [9.17, 15) is 4.39 Å². The highest BCUT2D eigenvalue weighted by Gasteiger charge is 2.12. The summed E-state index contributed by atoms with van der Waals surface area (Å²) in [6, 6.07) is 11.5. The molecule has 1 atom stereocenters. The van der Waals surface area contributed by atoms with Crippen LogP contribution in [0.25, 0.3) is 10.4 Å². The minimum Gasteiger partial charge on any atom is -0.310 e. The zero-order valence-electron chi connectivity index (χ0n) is 11.4. The average molecular weight is 277 g/mol. The molecule has 1 aromatic heterocycles. The number of halogens is 1. The van der Waals surface area contributed by atoms with Gasteiger partial charge in [-0.15, -0.1) is 11.3 Å². The van der Waals surface area contributed by atoms with Gasteiger partial charge in [-0.25, -0.2) is 4.39 Å². The fourth-order valence-corrected chi connectivity index (χ4v) is 3.31. The molecule has 102 valence electrons. The molecule has 0 aliphatic heterocycles. The van der Waals surface area contributed by atoms with Crippen LogP contribution in [0.2, 0.25) is 0 Å². The van der Waals surface area contributed by atoms with E-state index in [0.29, 0.717) is 6.04 Å². The standard InChI is InChI=1S/C16H20FNS/c1-3-5-14(18-4-2)16-11-10-15(19-16)12-6-8-13(17)9-7-12/h6-11,14,18H,3-5H2,1-2H3. The molecule has 0 bridgehead atoms. The lowest BCUT2D eigenvalue weighted by Gasteiger charge is -2.14. The Morgan fingerprint density at radius 2 is 1.84 bits per heavy atom. The first-order chi connectivity index (χ1) is 9.24. The molecule has 0 radical (unpaired) electrons. The Balaban J connectivity index is 2.19. The molecule has 0 fully saturated rings. The van der Waals surface area contributed by atoms with Crippen molar-refractivity contribution < 1.29 is 4.39 Å². The largest absolute Gasteiger partial charge is 0.310 e. The van der Waals surface area contributed by atoms with Crippen LogP contribution in [0.4, 0.5) is 4.39 Å². The topological polar surface area (TPSA) is 12.0 Å². The third-order valence-corrected chi connectivity index (χ3v) is 4.37. The van der Waals surface area contributed by atoms with Crippen molar-refractivity contribution in [3.8, 4) is 10.4 Å². The van der Waals surface area contributed by atoms with Crippen molar-refractivity contribution in [3.63, 3.8) is 0 Å². The Morgan fingerprint density at radius 1 is 1.11 bits per heavy atom. The van der Waals surface area contributed by atoms with Crippen LogP contribution in [0, 0.1) is 5.82 Å². The molecule has 0 amide bonds. The van der Waals surface area contributed by atoms with Crippen molar-refractivity contribution in [2.75, 3.05) is 6.54 Å². The van der Waals surface area contributed by atoms with Crippen LogP contribution in [0.15, 0.2) is 36.4 Å². The third kappa shape index (κ3) is 3.64. The van der Waals surface area contributed by atoms with Crippen molar-refractivity contribution in [1.29, 1.82) is 0 Å².